The van der Waals surface area contributed by atoms with Gasteiger partial charge in [0, 0.05) is 32.7 Å². The summed E-state index contributed by atoms with van der Waals surface area (Å²) in [5.41, 5.74) is 2.94. The molecule has 4 atom stereocenters. The molecular weight excluding hydrogens is 350 g/mol. The molecule has 3 heterocycles. The normalized spacial score (nSPS) is 25.8. The maximum Gasteiger partial charge on any atom is 0.233 e. The molecule has 2 fully saturated rings. The Morgan fingerprint density at radius 3 is 2.50 bits per heavy atom. The van der Waals surface area contributed by atoms with Crippen LogP contribution in [0.3, 0.4) is 0 Å². The molecule has 1 aliphatic heterocycles. The number of ether oxygens (including phenoxy) is 1. The number of hydrogen-bond donors (Lipinski definition) is 0. The minimum absolute atomic E-state index is 0.624. The van der Waals surface area contributed by atoms with Gasteiger partial charge in [0.25, 0.3) is 0 Å². The van der Waals surface area contributed by atoms with Crippen molar-refractivity contribution in [3.05, 3.63) is 23.9 Å². The molecule has 28 heavy (non-hydrogen) atoms. The number of likely N-dealkylation sites (tertiary alicyclic amines) is 1. The second-order valence-electron chi connectivity index (χ2n) is 8.96. The van der Waals surface area contributed by atoms with Gasteiger partial charge in [-0.15, -0.1) is 10.2 Å². The molecule has 0 radical (unpaired) electrons. The molecule has 2 aromatic heterocycles. The predicted octanol–water partition coefficient (Wildman–Crippen LogP) is 3.57. The topological polar surface area (TPSA) is 56.1 Å². The molecule has 0 N–H and O–H groups in total. The van der Waals surface area contributed by atoms with Crippen molar-refractivity contribution in [3.8, 4) is 17.3 Å². The molecule has 1 saturated carbocycles. The largest absolute Gasteiger partial charge is 0.476 e. The van der Waals surface area contributed by atoms with Crippen LogP contribution in [0.5, 0.6) is 5.88 Å². The highest BCUT2D eigenvalue weighted by Gasteiger charge is 2.41. The van der Waals surface area contributed by atoms with Gasteiger partial charge in [-0.25, -0.2) is 0 Å². The van der Waals surface area contributed by atoms with Gasteiger partial charge in [-0.2, -0.15) is 5.10 Å². The summed E-state index contributed by atoms with van der Waals surface area (Å²) < 4.78 is 7.82. The number of hydrogen-bond acceptors (Lipinski definition) is 5. The Labute approximate surface area is 168 Å². The van der Waals surface area contributed by atoms with Gasteiger partial charge in [-0.1, -0.05) is 20.3 Å². The zero-order chi connectivity index (χ0) is 19.7. The van der Waals surface area contributed by atoms with E-state index in [1.165, 1.54) is 38.9 Å². The van der Waals surface area contributed by atoms with Gasteiger partial charge >= 0.3 is 0 Å². The zero-order valence-corrected chi connectivity index (χ0v) is 17.6. The number of aryl methyl sites for hydroxylation is 2. The molecule has 4 rings (SSSR count). The monoisotopic (exact) mass is 383 g/mol. The quantitative estimate of drug-likeness (QED) is 0.732. The van der Waals surface area contributed by atoms with Gasteiger partial charge in [0.05, 0.1) is 18.5 Å². The molecule has 0 bridgehead atoms. The van der Waals surface area contributed by atoms with E-state index in [-0.39, 0.29) is 0 Å². The summed E-state index contributed by atoms with van der Waals surface area (Å²) in [7, 11) is 1.93. The van der Waals surface area contributed by atoms with Crippen LogP contribution in [0.4, 0.5) is 0 Å². The summed E-state index contributed by atoms with van der Waals surface area (Å²) in [5.74, 6) is 3.81. The van der Waals surface area contributed by atoms with Crippen LogP contribution in [-0.4, -0.2) is 51.1 Å². The van der Waals surface area contributed by atoms with E-state index in [4.69, 9.17) is 4.74 Å². The number of aromatic nitrogens is 4. The Bertz CT molecular complexity index is 753. The fourth-order valence-electron chi connectivity index (χ4n) is 5.02. The van der Waals surface area contributed by atoms with Gasteiger partial charge in [0.15, 0.2) is 0 Å². The van der Waals surface area contributed by atoms with E-state index in [0.717, 1.165) is 41.3 Å². The van der Waals surface area contributed by atoms with E-state index >= 15 is 0 Å². The molecule has 0 amide bonds. The number of fused-ring (bicyclic) bond motifs is 1. The van der Waals surface area contributed by atoms with Crippen LogP contribution in [0.15, 0.2) is 18.3 Å². The lowest BCUT2D eigenvalue weighted by Gasteiger charge is -2.21. The Morgan fingerprint density at radius 1 is 1.18 bits per heavy atom. The third-order valence-corrected chi connectivity index (χ3v) is 6.66. The van der Waals surface area contributed by atoms with Crippen molar-refractivity contribution in [1.29, 1.82) is 0 Å². The highest BCUT2D eigenvalue weighted by atomic mass is 16.5. The summed E-state index contributed by atoms with van der Waals surface area (Å²) in [6.45, 7) is 11.3. The molecule has 2 aliphatic rings. The van der Waals surface area contributed by atoms with Crippen LogP contribution in [-0.2, 0) is 7.05 Å². The molecule has 152 valence electrons. The predicted molar refractivity (Wildman–Crippen MR) is 110 cm³/mol. The summed E-state index contributed by atoms with van der Waals surface area (Å²) in [6, 6.07) is 3.90. The van der Waals surface area contributed by atoms with Crippen LogP contribution in [0.1, 0.15) is 38.7 Å². The van der Waals surface area contributed by atoms with Crippen molar-refractivity contribution in [1.82, 2.24) is 24.9 Å². The fourth-order valence-corrected chi connectivity index (χ4v) is 5.02. The Balaban J connectivity index is 1.26. The van der Waals surface area contributed by atoms with Gasteiger partial charge in [0.2, 0.25) is 5.88 Å². The van der Waals surface area contributed by atoms with Crippen molar-refractivity contribution in [3.63, 3.8) is 0 Å². The van der Waals surface area contributed by atoms with E-state index in [1.54, 1.807) is 0 Å². The maximum atomic E-state index is 5.99. The average Bonchev–Trinajstić information content (AvgIpc) is 3.33. The first-order valence-corrected chi connectivity index (χ1v) is 10.7. The third kappa shape index (κ3) is 4.07. The molecule has 6 nitrogen and oxygen atoms in total. The van der Waals surface area contributed by atoms with E-state index in [9.17, 15) is 0 Å². The molecule has 0 spiro atoms. The van der Waals surface area contributed by atoms with Gasteiger partial charge in [-0.3, -0.25) is 4.68 Å². The van der Waals surface area contributed by atoms with Crippen molar-refractivity contribution in [2.24, 2.45) is 30.7 Å². The van der Waals surface area contributed by atoms with Gasteiger partial charge < -0.3 is 9.64 Å². The van der Waals surface area contributed by atoms with Crippen molar-refractivity contribution >= 4 is 0 Å². The third-order valence-electron chi connectivity index (χ3n) is 6.66. The molecule has 1 saturated heterocycles. The Morgan fingerprint density at radius 2 is 1.93 bits per heavy atom. The van der Waals surface area contributed by atoms with E-state index in [1.807, 2.05) is 37.0 Å². The molecular formula is C22H33N5O. The highest BCUT2D eigenvalue weighted by molar-refractivity contribution is 5.58. The lowest BCUT2D eigenvalue weighted by molar-refractivity contribution is 0.213. The highest BCUT2D eigenvalue weighted by Crippen LogP contribution is 2.41. The van der Waals surface area contributed by atoms with Crippen molar-refractivity contribution in [2.75, 3.05) is 26.2 Å². The summed E-state index contributed by atoms with van der Waals surface area (Å²) in [4.78, 5) is 2.69. The first-order chi connectivity index (χ1) is 13.5. The van der Waals surface area contributed by atoms with Crippen molar-refractivity contribution in [2.45, 2.75) is 40.0 Å². The zero-order valence-electron chi connectivity index (χ0n) is 17.6. The van der Waals surface area contributed by atoms with Crippen LogP contribution >= 0.6 is 0 Å². The SMILES string of the molecule is CCC(C)CN1C[C@H]2CC(COc3ccc(-c4c(C)cnn4C)nn3)C[C@H]2C1. The van der Waals surface area contributed by atoms with Crippen molar-refractivity contribution < 1.29 is 4.74 Å². The average molecular weight is 384 g/mol. The van der Waals surface area contributed by atoms with Crippen LogP contribution in [0, 0.1) is 30.6 Å². The molecule has 0 aromatic carbocycles. The Hall–Kier alpha value is -1.95. The van der Waals surface area contributed by atoms with Crippen LogP contribution in [0.25, 0.3) is 11.4 Å². The van der Waals surface area contributed by atoms with E-state index in [0.29, 0.717) is 11.8 Å². The molecule has 1 aliphatic carbocycles. The summed E-state index contributed by atoms with van der Waals surface area (Å²) in [6.07, 6.45) is 5.72. The van der Waals surface area contributed by atoms with E-state index in [2.05, 4.69) is 34.0 Å². The smallest absolute Gasteiger partial charge is 0.233 e. The summed E-state index contributed by atoms with van der Waals surface area (Å²) in [5, 5.41) is 12.9. The fraction of sp³-hybridized carbons (Fsp3) is 0.682. The lowest BCUT2D eigenvalue weighted by atomic mass is 10.0. The summed E-state index contributed by atoms with van der Waals surface area (Å²) >= 11 is 0. The van der Waals surface area contributed by atoms with E-state index < -0.39 is 0 Å². The standard InChI is InChI=1S/C22H33N5O/c1-5-15(2)11-27-12-18-8-17(9-19(18)13-27)14-28-21-7-6-20(24-25-21)22-16(3)10-23-26(22)4/h6-7,10,15,17-19H,5,8-9,11-14H2,1-4H3/t15?,17?,18-,19+. The minimum Gasteiger partial charge on any atom is -0.476 e. The molecule has 2 aromatic rings. The number of nitrogens with zero attached hydrogens (tertiary/aromatic N) is 5. The lowest BCUT2D eigenvalue weighted by Crippen LogP contribution is -2.27. The first kappa shape index (κ1) is 19.4. The molecule has 2 unspecified atom stereocenters. The van der Waals surface area contributed by atoms with Crippen LogP contribution in [0.2, 0.25) is 0 Å². The van der Waals surface area contributed by atoms with Gasteiger partial charge in [0.1, 0.15) is 5.69 Å². The molecule has 6 heteroatoms. The maximum absolute atomic E-state index is 5.99. The minimum atomic E-state index is 0.624. The second kappa shape index (κ2) is 8.19. The van der Waals surface area contributed by atoms with Gasteiger partial charge in [-0.05, 0) is 55.1 Å². The Kier molecular flexibility index (Phi) is 5.67. The number of rotatable bonds is 7. The first-order valence-electron chi connectivity index (χ1n) is 10.7. The second-order valence-corrected chi connectivity index (χ2v) is 8.96. The van der Waals surface area contributed by atoms with Crippen LogP contribution < -0.4 is 4.74 Å².